The minimum atomic E-state index is -0.264. The maximum Gasteiger partial charge on any atom is 0.255 e. The van der Waals surface area contributed by atoms with Gasteiger partial charge in [0.25, 0.3) is 11.8 Å². The van der Waals surface area contributed by atoms with E-state index < -0.39 is 0 Å². The van der Waals surface area contributed by atoms with Crippen molar-refractivity contribution in [3.05, 3.63) is 93.7 Å². The summed E-state index contributed by atoms with van der Waals surface area (Å²) < 4.78 is 0. The van der Waals surface area contributed by atoms with Crippen molar-refractivity contribution in [1.82, 2.24) is 10.3 Å². The van der Waals surface area contributed by atoms with E-state index in [1.54, 1.807) is 48.8 Å². The molecule has 0 saturated heterocycles. The third-order valence-electron chi connectivity index (χ3n) is 3.76. The molecule has 0 saturated carbocycles. The van der Waals surface area contributed by atoms with Gasteiger partial charge >= 0.3 is 0 Å². The second-order valence-corrected chi connectivity index (χ2v) is 6.52. The maximum atomic E-state index is 12.2. The third kappa shape index (κ3) is 5.06. The van der Waals surface area contributed by atoms with Gasteiger partial charge in [0.1, 0.15) is 0 Å². The van der Waals surface area contributed by atoms with Gasteiger partial charge in [-0.2, -0.15) is 0 Å². The lowest BCUT2D eigenvalue weighted by Gasteiger charge is -2.09. The Morgan fingerprint density at radius 1 is 0.852 bits per heavy atom. The van der Waals surface area contributed by atoms with Gasteiger partial charge in [0.05, 0.1) is 10.0 Å². The number of amides is 2. The first-order valence-corrected chi connectivity index (χ1v) is 8.82. The van der Waals surface area contributed by atoms with Crippen LogP contribution in [-0.4, -0.2) is 16.8 Å². The van der Waals surface area contributed by atoms with Crippen molar-refractivity contribution in [2.45, 2.75) is 6.54 Å². The zero-order valence-corrected chi connectivity index (χ0v) is 15.6. The predicted octanol–water partition coefficient (Wildman–Crippen LogP) is 4.57. The fourth-order valence-corrected chi connectivity index (χ4v) is 2.69. The summed E-state index contributed by atoms with van der Waals surface area (Å²) in [5.74, 6) is -0.491. The number of benzene rings is 2. The van der Waals surface area contributed by atoms with Crippen molar-refractivity contribution in [3.8, 4) is 0 Å². The van der Waals surface area contributed by atoms with Gasteiger partial charge in [0.2, 0.25) is 0 Å². The standard InChI is InChI=1S/C20H15Cl2N3O2/c21-17-5-4-15(11-18(17)22)19(26)24-12-13-2-1-3-16(10-13)25-20(27)14-6-8-23-9-7-14/h1-11H,12H2,(H,24,26)(H,25,27). The molecule has 0 radical (unpaired) electrons. The molecule has 0 atom stereocenters. The van der Waals surface area contributed by atoms with Gasteiger partial charge in [-0.3, -0.25) is 14.6 Å². The van der Waals surface area contributed by atoms with Crippen molar-refractivity contribution in [2.75, 3.05) is 5.32 Å². The number of anilines is 1. The van der Waals surface area contributed by atoms with Crippen molar-refractivity contribution < 1.29 is 9.59 Å². The molecule has 1 aromatic heterocycles. The van der Waals surface area contributed by atoms with Gasteiger partial charge in [-0.15, -0.1) is 0 Å². The number of halogens is 2. The first-order valence-electron chi connectivity index (χ1n) is 8.06. The zero-order valence-electron chi connectivity index (χ0n) is 14.1. The number of aromatic nitrogens is 1. The number of hydrogen-bond acceptors (Lipinski definition) is 3. The van der Waals surface area contributed by atoms with Gasteiger partial charge < -0.3 is 10.6 Å². The van der Waals surface area contributed by atoms with Crippen LogP contribution in [0.5, 0.6) is 0 Å². The molecule has 27 heavy (non-hydrogen) atoms. The SMILES string of the molecule is O=C(NCc1cccc(NC(=O)c2ccncc2)c1)c1ccc(Cl)c(Cl)c1. The minimum Gasteiger partial charge on any atom is -0.348 e. The Morgan fingerprint density at radius 2 is 1.63 bits per heavy atom. The van der Waals surface area contributed by atoms with Crippen LogP contribution in [0.25, 0.3) is 0 Å². The highest BCUT2D eigenvalue weighted by molar-refractivity contribution is 6.42. The predicted molar refractivity (Wildman–Crippen MR) is 106 cm³/mol. The van der Waals surface area contributed by atoms with E-state index in [0.717, 1.165) is 5.56 Å². The summed E-state index contributed by atoms with van der Waals surface area (Å²) in [6.07, 6.45) is 3.12. The molecule has 1 heterocycles. The van der Waals surface area contributed by atoms with E-state index in [2.05, 4.69) is 15.6 Å². The summed E-state index contributed by atoms with van der Waals surface area (Å²) >= 11 is 11.8. The van der Waals surface area contributed by atoms with E-state index in [1.807, 2.05) is 12.1 Å². The monoisotopic (exact) mass is 399 g/mol. The smallest absolute Gasteiger partial charge is 0.255 e. The number of rotatable bonds is 5. The van der Waals surface area contributed by atoms with Crippen LogP contribution in [0.15, 0.2) is 67.0 Å². The van der Waals surface area contributed by atoms with Crippen LogP contribution < -0.4 is 10.6 Å². The van der Waals surface area contributed by atoms with E-state index in [9.17, 15) is 9.59 Å². The molecular weight excluding hydrogens is 385 g/mol. The van der Waals surface area contributed by atoms with Crippen LogP contribution in [0.4, 0.5) is 5.69 Å². The Hall–Kier alpha value is -2.89. The molecule has 7 heteroatoms. The van der Waals surface area contributed by atoms with Crippen LogP contribution in [-0.2, 0) is 6.54 Å². The van der Waals surface area contributed by atoms with E-state index in [-0.39, 0.29) is 11.8 Å². The average Bonchev–Trinajstić information content (AvgIpc) is 2.69. The molecule has 0 aliphatic rings. The van der Waals surface area contributed by atoms with Crippen molar-refractivity contribution in [3.63, 3.8) is 0 Å². The molecule has 2 amide bonds. The first-order chi connectivity index (χ1) is 13.0. The quantitative estimate of drug-likeness (QED) is 0.659. The Balaban J connectivity index is 1.63. The van der Waals surface area contributed by atoms with Gasteiger partial charge in [0, 0.05) is 35.8 Å². The molecule has 0 unspecified atom stereocenters. The van der Waals surface area contributed by atoms with Gasteiger partial charge in [0.15, 0.2) is 0 Å². The number of hydrogen-bond donors (Lipinski definition) is 2. The van der Waals surface area contributed by atoms with E-state index in [1.165, 1.54) is 6.07 Å². The van der Waals surface area contributed by atoms with Crippen molar-refractivity contribution >= 4 is 40.7 Å². The summed E-state index contributed by atoms with van der Waals surface area (Å²) in [4.78, 5) is 28.3. The van der Waals surface area contributed by atoms with Crippen LogP contribution in [0, 0.1) is 0 Å². The van der Waals surface area contributed by atoms with Crippen LogP contribution in [0.1, 0.15) is 26.3 Å². The second-order valence-electron chi connectivity index (χ2n) is 5.70. The summed E-state index contributed by atoms with van der Waals surface area (Å²) in [6.45, 7) is 0.304. The highest BCUT2D eigenvalue weighted by atomic mass is 35.5. The lowest BCUT2D eigenvalue weighted by molar-refractivity contribution is 0.0950. The molecule has 5 nitrogen and oxygen atoms in total. The first kappa shape index (κ1) is 18.9. The lowest BCUT2D eigenvalue weighted by atomic mass is 10.1. The van der Waals surface area contributed by atoms with Gasteiger partial charge in [-0.25, -0.2) is 0 Å². The Morgan fingerprint density at radius 3 is 2.37 bits per heavy atom. The summed E-state index contributed by atoms with van der Waals surface area (Å²) in [5.41, 5.74) is 2.42. The van der Waals surface area contributed by atoms with Crippen LogP contribution >= 0.6 is 23.2 Å². The third-order valence-corrected chi connectivity index (χ3v) is 4.50. The number of nitrogens with zero attached hydrogens (tertiary/aromatic N) is 1. The Kier molecular flexibility index (Phi) is 6.06. The van der Waals surface area contributed by atoms with Crippen molar-refractivity contribution in [2.24, 2.45) is 0 Å². The van der Waals surface area contributed by atoms with E-state index in [4.69, 9.17) is 23.2 Å². The maximum absolute atomic E-state index is 12.2. The molecule has 0 aliphatic heterocycles. The molecule has 0 aliphatic carbocycles. The molecule has 0 spiro atoms. The Labute approximate surface area is 166 Å². The van der Waals surface area contributed by atoms with Gasteiger partial charge in [-0.1, -0.05) is 35.3 Å². The lowest BCUT2D eigenvalue weighted by Crippen LogP contribution is -2.22. The summed E-state index contributed by atoms with van der Waals surface area (Å²) in [5, 5.41) is 6.35. The van der Waals surface area contributed by atoms with Crippen molar-refractivity contribution in [1.29, 1.82) is 0 Å². The zero-order chi connectivity index (χ0) is 19.2. The highest BCUT2D eigenvalue weighted by Gasteiger charge is 2.09. The van der Waals surface area contributed by atoms with Crippen LogP contribution in [0.3, 0.4) is 0 Å². The molecule has 136 valence electrons. The van der Waals surface area contributed by atoms with Crippen LogP contribution in [0.2, 0.25) is 10.0 Å². The number of carbonyl (C=O) groups excluding carboxylic acids is 2. The average molecular weight is 400 g/mol. The normalized spacial score (nSPS) is 10.3. The molecule has 0 fully saturated rings. The fraction of sp³-hybridized carbons (Fsp3) is 0.0500. The molecule has 0 bridgehead atoms. The topological polar surface area (TPSA) is 71.1 Å². The molecule has 3 aromatic rings. The molecule has 3 rings (SSSR count). The molecule has 2 aromatic carbocycles. The molecule has 2 N–H and O–H groups in total. The minimum absolute atomic E-state index is 0.227. The summed E-state index contributed by atoms with van der Waals surface area (Å²) in [7, 11) is 0. The molecular formula is C20H15Cl2N3O2. The van der Waals surface area contributed by atoms with E-state index in [0.29, 0.717) is 33.4 Å². The Bertz CT molecular complexity index is 978. The number of pyridine rings is 1. The number of carbonyl (C=O) groups is 2. The number of nitrogens with one attached hydrogen (secondary N) is 2. The summed E-state index contributed by atoms with van der Waals surface area (Å²) in [6, 6.07) is 15.2. The van der Waals surface area contributed by atoms with Gasteiger partial charge in [-0.05, 0) is 48.0 Å². The van der Waals surface area contributed by atoms with E-state index >= 15 is 0 Å². The fourth-order valence-electron chi connectivity index (χ4n) is 2.39. The highest BCUT2D eigenvalue weighted by Crippen LogP contribution is 2.22. The largest absolute Gasteiger partial charge is 0.348 e. The second kappa shape index (κ2) is 8.66.